The van der Waals surface area contributed by atoms with Crippen LogP contribution in [0.4, 0.5) is 0 Å². The Kier molecular flexibility index (Phi) is 4.89. The summed E-state index contributed by atoms with van der Waals surface area (Å²) in [4.78, 5) is 48.7. The van der Waals surface area contributed by atoms with Gasteiger partial charge in [-0.25, -0.2) is 4.79 Å². The maximum absolute atomic E-state index is 11.2. The molecule has 0 radical (unpaired) electrons. The second-order valence-corrected chi connectivity index (χ2v) is 3.55. The SMILES string of the molecule is O=C(CCl)NCCC(=O)ON1C(=O)CCC1=O. The predicted molar refractivity (Wildman–Crippen MR) is 55.5 cm³/mol. The first-order valence-corrected chi connectivity index (χ1v) is 5.47. The standard InChI is InChI=1S/C9H11ClN2O5/c10-5-6(13)11-4-3-9(16)17-12-7(14)1-2-8(12)15/h1-5H2,(H,11,13). The van der Waals surface area contributed by atoms with Crippen LogP contribution in [-0.4, -0.2) is 41.2 Å². The Labute approximate surface area is 102 Å². The molecule has 0 aromatic heterocycles. The van der Waals surface area contributed by atoms with Gasteiger partial charge in [-0.2, -0.15) is 0 Å². The molecule has 0 aromatic rings. The Morgan fingerprint density at radius 3 is 2.41 bits per heavy atom. The van der Waals surface area contributed by atoms with Gasteiger partial charge in [-0.1, -0.05) is 0 Å². The molecule has 0 unspecified atom stereocenters. The maximum Gasteiger partial charge on any atom is 0.334 e. The molecule has 0 saturated carbocycles. The maximum atomic E-state index is 11.2. The number of halogens is 1. The predicted octanol–water partition coefficient (Wildman–Crippen LogP) is -0.661. The third-order valence-electron chi connectivity index (χ3n) is 1.97. The summed E-state index contributed by atoms with van der Waals surface area (Å²) >= 11 is 5.22. The minimum atomic E-state index is -0.761. The van der Waals surface area contributed by atoms with Crippen molar-refractivity contribution in [1.29, 1.82) is 0 Å². The smallest absolute Gasteiger partial charge is 0.334 e. The van der Waals surface area contributed by atoms with Crippen molar-refractivity contribution in [1.82, 2.24) is 10.4 Å². The van der Waals surface area contributed by atoms with Crippen LogP contribution in [0.25, 0.3) is 0 Å². The normalized spacial score (nSPS) is 15.0. The van der Waals surface area contributed by atoms with E-state index in [0.717, 1.165) is 0 Å². The summed E-state index contributed by atoms with van der Waals surface area (Å²) in [5.74, 6) is -2.43. The summed E-state index contributed by atoms with van der Waals surface area (Å²) in [6, 6.07) is 0. The Morgan fingerprint density at radius 2 is 1.88 bits per heavy atom. The van der Waals surface area contributed by atoms with Crippen molar-refractivity contribution in [3.63, 3.8) is 0 Å². The number of rotatable bonds is 5. The molecular weight excluding hydrogens is 252 g/mol. The summed E-state index contributed by atoms with van der Waals surface area (Å²) in [7, 11) is 0. The van der Waals surface area contributed by atoms with E-state index >= 15 is 0 Å². The Hall–Kier alpha value is -1.63. The molecule has 8 heteroatoms. The highest BCUT2D eigenvalue weighted by molar-refractivity contribution is 6.27. The second-order valence-electron chi connectivity index (χ2n) is 3.28. The van der Waals surface area contributed by atoms with Crippen LogP contribution in [0, 0.1) is 0 Å². The average molecular weight is 263 g/mol. The number of imide groups is 1. The zero-order valence-corrected chi connectivity index (χ0v) is 9.66. The number of hydrogen-bond donors (Lipinski definition) is 1. The number of nitrogens with zero attached hydrogens (tertiary/aromatic N) is 1. The van der Waals surface area contributed by atoms with Gasteiger partial charge >= 0.3 is 5.97 Å². The fourth-order valence-corrected chi connectivity index (χ4v) is 1.25. The fourth-order valence-electron chi connectivity index (χ4n) is 1.16. The first kappa shape index (κ1) is 13.4. The van der Waals surface area contributed by atoms with Gasteiger partial charge in [0.1, 0.15) is 5.88 Å². The van der Waals surface area contributed by atoms with Gasteiger partial charge in [0.25, 0.3) is 11.8 Å². The summed E-state index contributed by atoms with van der Waals surface area (Å²) in [6.45, 7) is 0.0423. The molecule has 0 bridgehead atoms. The van der Waals surface area contributed by atoms with E-state index in [0.29, 0.717) is 5.06 Å². The molecule has 1 aliphatic heterocycles. The Morgan fingerprint density at radius 1 is 1.29 bits per heavy atom. The largest absolute Gasteiger partial charge is 0.354 e. The van der Waals surface area contributed by atoms with Gasteiger partial charge in [0, 0.05) is 19.4 Å². The van der Waals surface area contributed by atoms with E-state index in [-0.39, 0.29) is 31.7 Å². The zero-order valence-electron chi connectivity index (χ0n) is 8.90. The number of hydroxylamine groups is 2. The first-order valence-electron chi connectivity index (χ1n) is 4.94. The van der Waals surface area contributed by atoms with Gasteiger partial charge in [-0.3, -0.25) is 14.4 Å². The average Bonchev–Trinajstić information content (AvgIpc) is 2.60. The first-order chi connectivity index (χ1) is 8.04. The molecule has 3 amide bonds. The van der Waals surface area contributed by atoms with E-state index < -0.39 is 23.7 Å². The molecule has 7 nitrogen and oxygen atoms in total. The molecule has 0 aromatic carbocycles. The molecule has 0 atom stereocenters. The lowest BCUT2D eigenvalue weighted by Gasteiger charge is -2.12. The zero-order chi connectivity index (χ0) is 12.8. The molecule has 0 aliphatic carbocycles. The van der Waals surface area contributed by atoms with Crippen LogP contribution in [0.1, 0.15) is 19.3 Å². The van der Waals surface area contributed by atoms with Crippen LogP contribution in [0.15, 0.2) is 0 Å². The third-order valence-corrected chi connectivity index (χ3v) is 2.21. The van der Waals surface area contributed by atoms with Crippen LogP contribution in [0.2, 0.25) is 0 Å². The Balaban J connectivity index is 2.27. The topological polar surface area (TPSA) is 92.8 Å². The van der Waals surface area contributed by atoms with Crippen molar-refractivity contribution >= 4 is 35.3 Å². The number of hydrogen-bond acceptors (Lipinski definition) is 5. The highest BCUT2D eigenvalue weighted by atomic mass is 35.5. The molecule has 1 saturated heterocycles. The van der Waals surface area contributed by atoms with Crippen molar-refractivity contribution in [3.05, 3.63) is 0 Å². The second kappa shape index (κ2) is 6.19. The molecule has 17 heavy (non-hydrogen) atoms. The molecule has 1 rings (SSSR count). The number of carbonyl (C=O) groups is 4. The minimum Gasteiger partial charge on any atom is -0.354 e. The van der Waals surface area contributed by atoms with E-state index in [1.54, 1.807) is 0 Å². The van der Waals surface area contributed by atoms with E-state index in [4.69, 9.17) is 11.6 Å². The van der Waals surface area contributed by atoms with Crippen LogP contribution in [0.3, 0.4) is 0 Å². The van der Waals surface area contributed by atoms with Gasteiger partial charge in [-0.05, 0) is 0 Å². The van der Waals surface area contributed by atoms with Gasteiger partial charge < -0.3 is 10.2 Å². The van der Waals surface area contributed by atoms with E-state index in [1.807, 2.05) is 0 Å². The molecule has 1 fully saturated rings. The lowest BCUT2D eigenvalue weighted by Crippen LogP contribution is -2.34. The van der Waals surface area contributed by atoms with Gasteiger partial charge in [-0.15, -0.1) is 16.7 Å². The molecule has 1 heterocycles. The van der Waals surface area contributed by atoms with Crippen molar-refractivity contribution in [2.75, 3.05) is 12.4 Å². The van der Waals surface area contributed by atoms with Crippen LogP contribution >= 0.6 is 11.6 Å². The number of nitrogens with one attached hydrogen (secondary N) is 1. The van der Waals surface area contributed by atoms with E-state index in [2.05, 4.69) is 10.2 Å². The molecule has 1 N–H and O–H groups in total. The summed E-state index contributed by atoms with van der Waals surface area (Å²) in [5, 5.41) is 2.81. The number of amides is 3. The molecule has 0 spiro atoms. The lowest BCUT2D eigenvalue weighted by molar-refractivity contribution is -0.197. The highest BCUT2D eigenvalue weighted by Crippen LogP contribution is 2.12. The van der Waals surface area contributed by atoms with Crippen molar-refractivity contribution in [3.8, 4) is 0 Å². The van der Waals surface area contributed by atoms with Crippen LogP contribution < -0.4 is 5.32 Å². The summed E-state index contributed by atoms with van der Waals surface area (Å²) in [6.07, 6.45) is -0.0378. The van der Waals surface area contributed by atoms with Crippen molar-refractivity contribution in [2.24, 2.45) is 0 Å². The van der Waals surface area contributed by atoms with Crippen LogP contribution in [0.5, 0.6) is 0 Å². The highest BCUT2D eigenvalue weighted by Gasteiger charge is 2.32. The number of alkyl halides is 1. The van der Waals surface area contributed by atoms with Gasteiger partial charge in [0.05, 0.1) is 6.42 Å². The van der Waals surface area contributed by atoms with E-state index in [9.17, 15) is 19.2 Å². The van der Waals surface area contributed by atoms with Gasteiger partial charge in [0.2, 0.25) is 5.91 Å². The molecule has 1 aliphatic rings. The third kappa shape index (κ3) is 4.03. The van der Waals surface area contributed by atoms with Gasteiger partial charge in [0.15, 0.2) is 0 Å². The molecule has 94 valence electrons. The Bertz CT molecular complexity index is 341. The summed E-state index contributed by atoms with van der Waals surface area (Å²) in [5.41, 5.74) is 0. The quantitative estimate of drug-likeness (QED) is 0.524. The molecular formula is C9H11ClN2O5. The fraction of sp³-hybridized carbons (Fsp3) is 0.556. The lowest BCUT2D eigenvalue weighted by atomic mass is 10.4. The summed E-state index contributed by atoms with van der Waals surface area (Å²) < 4.78 is 0. The van der Waals surface area contributed by atoms with E-state index in [1.165, 1.54) is 0 Å². The van der Waals surface area contributed by atoms with Crippen molar-refractivity contribution < 1.29 is 24.0 Å². The van der Waals surface area contributed by atoms with Crippen molar-refractivity contribution in [2.45, 2.75) is 19.3 Å². The minimum absolute atomic E-state index is 0.0423. The van der Waals surface area contributed by atoms with Crippen LogP contribution in [-0.2, 0) is 24.0 Å². The number of carbonyl (C=O) groups excluding carboxylic acids is 4. The monoisotopic (exact) mass is 262 g/mol.